The van der Waals surface area contributed by atoms with E-state index in [2.05, 4.69) is 10.6 Å². The third-order valence-corrected chi connectivity index (χ3v) is 3.96. The summed E-state index contributed by atoms with van der Waals surface area (Å²) >= 11 is 0. The van der Waals surface area contributed by atoms with Crippen molar-refractivity contribution in [2.75, 3.05) is 13.1 Å². The second-order valence-electron chi connectivity index (χ2n) is 5.55. The maximum atomic E-state index is 13.4. The van der Waals surface area contributed by atoms with E-state index in [0.29, 0.717) is 13.0 Å². The highest BCUT2D eigenvalue weighted by atomic mass is 35.5. The van der Waals surface area contributed by atoms with Gasteiger partial charge >= 0.3 is 0 Å². The van der Waals surface area contributed by atoms with Gasteiger partial charge in [0.2, 0.25) is 5.91 Å². The molecule has 124 valence electrons. The number of halogens is 3. The van der Waals surface area contributed by atoms with Gasteiger partial charge in [0.1, 0.15) is 0 Å². The Morgan fingerprint density at radius 1 is 1.36 bits per heavy atom. The molecule has 1 fully saturated rings. The smallest absolute Gasteiger partial charge is 0.220 e. The Kier molecular flexibility index (Phi) is 7.76. The molecule has 1 amide bonds. The molecular weight excluding hydrogens is 310 g/mol. The minimum atomic E-state index is -0.837. The van der Waals surface area contributed by atoms with Gasteiger partial charge in [-0.2, -0.15) is 0 Å². The van der Waals surface area contributed by atoms with E-state index in [1.54, 1.807) is 6.07 Å². The topological polar surface area (TPSA) is 41.1 Å². The maximum Gasteiger partial charge on any atom is 0.220 e. The molecule has 1 heterocycles. The second kappa shape index (κ2) is 9.06. The van der Waals surface area contributed by atoms with Gasteiger partial charge < -0.3 is 10.6 Å². The Balaban J connectivity index is 0.00000242. The molecule has 0 aliphatic carbocycles. The summed E-state index contributed by atoms with van der Waals surface area (Å²) in [6.45, 7) is 3.51. The summed E-state index contributed by atoms with van der Waals surface area (Å²) in [5, 5.41) is 6.26. The van der Waals surface area contributed by atoms with Crippen LogP contribution in [0.3, 0.4) is 0 Å². The fraction of sp³-hybridized carbons (Fsp3) is 0.562. The van der Waals surface area contributed by atoms with Crippen molar-refractivity contribution in [1.82, 2.24) is 10.6 Å². The van der Waals surface area contributed by atoms with Crippen molar-refractivity contribution in [3.8, 4) is 0 Å². The van der Waals surface area contributed by atoms with Crippen molar-refractivity contribution < 1.29 is 13.6 Å². The number of carbonyl (C=O) groups is 1. The predicted molar refractivity (Wildman–Crippen MR) is 85.3 cm³/mol. The van der Waals surface area contributed by atoms with Gasteiger partial charge in [0.05, 0.1) is 0 Å². The molecule has 0 radical (unpaired) electrons. The minimum absolute atomic E-state index is 0. The molecule has 1 aliphatic rings. The molecule has 0 saturated carbocycles. The summed E-state index contributed by atoms with van der Waals surface area (Å²) in [6, 6.07) is 3.94. The van der Waals surface area contributed by atoms with E-state index in [9.17, 15) is 13.6 Å². The van der Waals surface area contributed by atoms with Gasteiger partial charge in [0.15, 0.2) is 11.6 Å². The first-order valence-corrected chi connectivity index (χ1v) is 7.57. The van der Waals surface area contributed by atoms with E-state index in [0.717, 1.165) is 37.4 Å². The molecule has 3 nitrogen and oxygen atoms in total. The maximum absolute atomic E-state index is 13.4. The minimum Gasteiger partial charge on any atom is -0.351 e. The number of carbonyl (C=O) groups excluding carboxylic acids is 1. The number of piperidine rings is 1. The van der Waals surface area contributed by atoms with Crippen molar-refractivity contribution >= 4 is 18.3 Å². The highest BCUT2D eigenvalue weighted by Crippen LogP contribution is 2.27. The Morgan fingerprint density at radius 3 is 2.82 bits per heavy atom. The highest BCUT2D eigenvalue weighted by Gasteiger charge is 2.28. The molecule has 0 spiro atoms. The zero-order chi connectivity index (χ0) is 15.2. The Labute approximate surface area is 136 Å². The summed E-state index contributed by atoms with van der Waals surface area (Å²) < 4.78 is 26.5. The number of rotatable bonds is 5. The van der Waals surface area contributed by atoms with E-state index >= 15 is 0 Å². The molecule has 22 heavy (non-hydrogen) atoms. The largest absolute Gasteiger partial charge is 0.351 e. The lowest BCUT2D eigenvalue weighted by Gasteiger charge is -2.33. The highest BCUT2D eigenvalue weighted by molar-refractivity contribution is 5.85. The fourth-order valence-corrected chi connectivity index (χ4v) is 2.77. The summed E-state index contributed by atoms with van der Waals surface area (Å²) in [5.74, 6) is -1.62. The SMILES string of the molecule is CCCCC(=O)NC1CNCCC1c1ccc(F)c(F)c1.Cl. The fourth-order valence-electron chi connectivity index (χ4n) is 2.77. The van der Waals surface area contributed by atoms with Gasteiger partial charge in [0, 0.05) is 24.9 Å². The standard InChI is InChI=1S/C16H22F2N2O.ClH/c1-2-3-4-16(21)20-15-10-19-8-7-12(15)11-5-6-13(17)14(18)9-11;/h5-6,9,12,15,19H,2-4,7-8,10H2,1H3,(H,20,21);1H. The third-order valence-electron chi connectivity index (χ3n) is 3.96. The molecule has 1 aromatic rings. The number of amides is 1. The molecule has 2 N–H and O–H groups in total. The summed E-state index contributed by atoms with van der Waals surface area (Å²) in [6.07, 6.45) is 3.14. The summed E-state index contributed by atoms with van der Waals surface area (Å²) in [4.78, 5) is 11.9. The van der Waals surface area contributed by atoms with Crippen LogP contribution in [0.5, 0.6) is 0 Å². The van der Waals surface area contributed by atoms with Crippen molar-refractivity contribution in [1.29, 1.82) is 0 Å². The lowest BCUT2D eigenvalue weighted by Crippen LogP contribution is -2.50. The quantitative estimate of drug-likeness (QED) is 0.869. The first-order chi connectivity index (χ1) is 10.1. The number of hydrogen-bond acceptors (Lipinski definition) is 2. The average molecular weight is 333 g/mol. The number of benzene rings is 1. The number of unbranched alkanes of at least 4 members (excludes halogenated alkanes) is 1. The van der Waals surface area contributed by atoms with E-state index in [4.69, 9.17) is 0 Å². The van der Waals surface area contributed by atoms with Crippen LogP contribution in [0.1, 0.15) is 44.1 Å². The summed E-state index contributed by atoms with van der Waals surface area (Å²) in [5.41, 5.74) is 0.746. The molecule has 0 bridgehead atoms. The lowest BCUT2D eigenvalue weighted by atomic mass is 9.86. The van der Waals surface area contributed by atoms with Crippen LogP contribution in [0.15, 0.2) is 18.2 Å². The van der Waals surface area contributed by atoms with Gasteiger partial charge in [0.25, 0.3) is 0 Å². The Morgan fingerprint density at radius 2 is 2.14 bits per heavy atom. The zero-order valence-corrected chi connectivity index (χ0v) is 13.5. The molecule has 6 heteroatoms. The van der Waals surface area contributed by atoms with Crippen LogP contribution in [-0.2, 0) is 4.79 Å². The van der Waals surface area contributed by atoms with Crippen LogP contribution in [-0.4, -0.2) is 25.0 Å². The molecule has 1 aliphatic heterocycles. The van der Waals surface area contributed by atoms with Gasteiger partial charge in [-0.25, -0.2) is 8.78 Å². The van der Waals surface area contributed by atoms with Gasteiger partial charge in [-0.3, -0.25) is 4.79 Å². The van der Waals surface area contributed by atoms with Crippen LogP contribution in [0.4, 0.5) is 8.78 Å². The van der Waals surface area contributed by atoms with Crippen LogP contribution >= 0.6 is 12.4 Å². The van der Waals surface area contributed by atoms with E-state index in [1.165, 1.54) is 6.07 Å². The molecule has 2 atom stereocenters. The Hall–Kier alpha value is -1.20. The Bertz CT molecular complexity index is 499. The monoisotopic (exact) mass is 332 g/mol. The average Bonchev–Trinajstić information content (AvgIpc) is 2.48. The van der Waals surface area contributed by atoms with Gasteiger partial charge in [-0.15, -0.1) is 12.4 Å². The molecular formula is C16H23ClF2N2O. The van der Waals surface area contributed by atoms with Crippen molar-refractivity contribution in [3.63, 3.8) is 0 Å². The number of nitrogens with one attached hydrogen (secondary N) is 2. The van der Waals surface area contributed by atoms with Crippen molar-refractivity contribution in [2.24, 2.45) is 0 Å². The molecule has 2 unspecified atom stereocenters. The third kappa shape index (κ3) is 4.92. The first-order valence-electron chi connectivity index (χ1n) is 7.57. The van der Waals surface area contributed by atoms with E-state index in [-0.39, 0.29) is 30.3 Å². The molecule has 1 aromatic carbocycles. The van der Waals surface area contributed by atoms with Crippen LogP contribution in [0.2, 0.25) is 0 Å². The van der Waals surface area contributed by atoms with Gasteiger partial charge in [-0.1, -0.05) is 19.4 Å². The summed E-state index contributed by atoms with van der Waals surface area (Å²) in [7, 11) is 0. The van der Waals surface area contributed by atoms with Crippen LogP contribution in [0.25, 0.3) is 0 Å². The predicted octanol–water partition coefficient (Wildman–Crippen LogP) is 3.14. The normalized spacial score (nSPS) is 21.0. The molecule has 1 saturated heterocycles. The molecule has 2 rings (SSSR count). The zero-order valence-electron chi connectivity index (χ0n) is 12.7. The first kappa shape index (κ1) is 18.8. The second-order valence-corrected chi connectivity index (χ2v) is 5.55. The van der Waals surface area contributed by atoms with Crippen LogP contribution < -0.4 is 10.6 Å². The van der Waals surface area contributed by atoms with Crippen molar-refractivity contribution in [3.05, 3.63) is 35.4 Å². The lowest BCUT2D eigenvalue weighted by molar-refractivity contribution is -0.122. The molecule has 0 aromatic heterocycles. The van der Waals surface area contributed by atoms with Crippen molar-refractivity contribution in [2.45, 2.75) is 44.6 Å². The number of hydrogen-bond donors (Lipinski definition) is 2. The van der Waals surface area contributed by atoms with E-state index < -0.39 is 11.6 Å². The van der Waals surface area contributed by atoms with Crippen LogP contribution in [0, 0.1) is 11.6 Å². The van der Waals surface area contributed by atoms with Gasteiger partial charge in [-0.05, 0) is 37.1 Å². The van der Waals surface area contributed by atoms with E-state index in [1.807, 2.05) is 6.92 Å².